The lowest BCUT2D eigenvalue weighted by Gasteiger charge is -2.21. The summed E-state index contributed by atoms with van der Waals surface area (Å²) in [7, 11) is 0. The number of hydrazine groups is 1. The Kier molecular flexibility index (Phi) is 4.32. The quantitative estimate of drug-likeness (QED) is 0.661. The maximum atomic E-state index is 12.6. The lowest BCUT2D eigenvalue weighted by atomic mass is 10.1. The smallest absolute Gasteiger partial charge is 0.258 e. The van der Waals surface area contributed by atoms with Crippen molar-refractivity contribution in [3.05, 3.63) is 53.7 Å². The predicted octanol–water partition coefficient (Wildman–Crippen LogP) is 2.34. The monoisotopic (exact) mass is 270 g/mol. The van der Waals surface area contributed by atoms with Gasteiger partial charge in [0, 0.05) is 24.0 Å². The van der Waals surface area contributed by atoms with Gasteiger partial charge in [0.2, 0.25) is 0 Å². The summed E-state index contributed by atoms with van der Waals surface area (Å²) in [6.45, 7) is 4.55. The number of carbonyl (C=O) groups excluding carboxylic acids is 1. The van der Waals surface area contributed by atoms with E-state index < -0.39 is 0 Å². The minimum Gasteiger partial charge on any atom is -0.309 e. The van der Waals surface area contributed by atoms with Crippen LogP contribution in [0.3, 0.4) is 0 Å². The molecule has 0 saturated carbocycles. The zero-order valence-electron chi connectivity index (χ0n) is 11.6. The van der Waals surface area contributed by atoms with Crippen molar-refractivity contribution in [2.45, 2.75) is 13.8 Å². The van der Waals surface area contributed by atoms with Crippen molar-refractivity contribution in [1.82, 2.24) is 4.98 Å². The first kappa shape index (κ1) is 14.0. The van der Waals surface area contributed by atoms with Gasteiger partial charge >= 0.3 is 0 Å². The third-order valence-corrected chi connectivity index (χ3v) is 3.03. The number of nitrogens with one attached hydrogen (secondary N) is 1. The zero-order chi connectivity index (χ0) is 14.5. The summed E-state index contributed by atoms with van der Waals surface area (Å²) in [6, 6.07) is 11.2. The third kappa shape index (κ3) is 2.95. The first-order valence-electron chi connectivity index (χ1n) is 6.47. The Bertz CT molecular complexity index is 612. The number of pyridine rings is 1. The average Bonchev–Trinajstić information content (AvgIpc) is 2.48. The van der Waals surface area contributed by atoms with Gasteiger partial charge in [-0.05, 0) is 43.7 Å². The molecule has 0 unspecified atom stereocenters. The molecule has 0 radical (unpaired) electrons. The fourth-order valence-electron chi connectivity index (χ4n) is 2.04. The van der Waals surface area contributed by atoms with E-state index in [2.05, 4.69) is 10.4 Å². The van der Waals surface area contributed by atoms with Crippen LogP contribution in [0.15, 0.2) is 42.6 Å². The minimum atomic E-state index is -0.0722. The second-order valence-corrected chi connectivity index (χ2v) is 4.46. The van der Waals surface area contributed by atoms with Gasteiger partial charge in [0.1, 0.15) is 5.82 Å². The van der Waals surface area contributed by atoms with E-state index in [9.17, 15) is 4.79 Å². The van der Waals surface area contributed by atoms with Crippen LogP contribution in [0.2, 0.25) is 0 Å². The fourth-order valence-corrected chi connectivity index (χ4v) is 2.04. The van der Waals surface area contributed by atoms with E-state index in [-0.39, 0.29) is 5.91 Å². The maximum Gasteiger partial charge on any atom is 0.258 e. The Morgan fingerprint density at radius 1 is 1.35 bits per heavy atom. The number of nitrogens with two attached hydrogens (primary N) is 1. The Hall–Kier alpha value is -2.40. The molecule has 1 aromatic heterocycles. The molecule has 20 heavy (non-hydrogen) atoms. The molecule has 2 aromatic rings. The standard InChI is InChI=1S/C15H18N4O/c1-3-19(13-6-4-5-11(2)9-13)15(20)12-7-8-17-14(10-12)18-16/h4-10H,3,16H2,1-2H3,(H,17,18). The number of amides is 1. The zero-order valence-corrected chi connectivity index (χ0v) is 11.6. The Labute approximate surface area is 118 Å². The van der Waals surface area contributed by atoms with Crippen molar-refractivity contribution in [1.29, 1.82) is 0 Å². The van der Waals surface area contributed by atoms with Crippen LogP contribution in [0.4, 0.5) is 11.5 Å². The predicted molar refractivity (Wildman–Crippen MR) is 80.6 cm³/mol. The van der Waals surface area contributed by atoms with Crippen molar-refractivity contribution in [3.8, 4) is 0 Å². The molecular formula is C15H18N4O. The molecule has 2 rings (SSSR count). The molecule has 1 amide bonds. The van der Waals surface area contributed by atoms with E-state index in [0.717, 1.165) is 11.3 Å². The van der Waals surface area contributed by atoms with E-state index in [4.69, 9.17) is 5.84 Å². The van der Waals surface area contributed by atoms with E-state index in [1.165, 1.54) is 0 Å². The van der Waals surface area contributed by atoms with Crippen molar-refractivity contribution < 1.29 is 4.79 Å². The molecule has 5 nitrogen and oxygen atoms in total. The number of anilines is 2. The molecular weight excluding hydrogens is 252 g/mol. The second-order valence-electron chi connectivity index (χ2n) is 4.46. The van der Waals surface area contributed by atoms with Gasteiger partial charge in [0.05, 0.1) is 0 Å². The third-order valence-electron chi connectivity index (χ3n) is 3.03. The van der Waals surface area contributed by atoms with Crippen LogP contribution in [0.5, 0.6) is 0 Å². The number of rotatable bonds is 4. The molecule has 0 atom stereocenters. The number of hydrogen-bond donors (Lipinski definition) is 2. The van der Waals surface area contributed by atoms with Crippen LogP contribution in [0.1, 0.15) is 22.8 Å². The van der Waals surface area contributed by atoms with Crippen LogP contribution in [0, 0.1) is 6.92 Å². The molecule has 104 valence electrons. The van der Waals surface area contributed by atoms with Crippen molar-refractivity contribution in [2.75, 3.05) is 16.9 Å². The number of hydrogen-bond acceptors (Lipinski definition) is 4. The second kappa shape index (κ2) is 6.16. The molecule has 1 heterocycles. The maximum absolute atomic E-state index is 12.6. The summed E-state index contributed by atoms with van der Waals surface area (Å²) in [5.41, 5.74) is 5.00. The summed E-state index contributed by atoms with van der Waals surface area (Å²) in [6.07, 6.45) is 1.56. The lowest BCUT2D eigenvalue weighted by molar-refractivity contribution is 0.0988. The van der Waals surface area contributed by atoms with Crippen molar-refractivity contribution in [3.63, 3.8) is 0 Å². The van der Waals surface area contributed by atoms with Gasteiger partial charge in [-0.15, -0.1) is 0 Å². The molecule has 3 N–H and O–H groups in total. The molecule has 0 aliphatic carbocycles. The van der Waals surface area contributed by atoms with Crippen LogP contribution in [0.25, 0.3) is 0 Å². The fraction of sp³-hybridized carbons (Fsp3) is 0.200. The Balaban J connectivity index is 2.33. The van der Waals surface area contributed by atoms with E-state index in [1.54, 1.807) is 23.2 Å². The number of aromatic nitrogens is 1. The summed E-state index contributed by atoms with van der Waals surface area (Å²) < 4.78 is 0. The molecule has 0 aliphatic heterocycles. The van der Waals surface area contributed by atoms with Crippen molar-refractivity contribution in [2.24, 2.45) is 5.84 Å². The molecule has 0 saturated heterocycles. The summed E-state index contributed by atoms with van der Waals surface area (Å²) in [5.74, 6) is 5.72. The van der Waals surface area contributed by atoms with E-state index in [1.807, 2.05) is 38.1 Å². The summed E-state index contributed by atoms with van der Waals surface area (Å²) >= 11 is 0. The van der Waals surface area contributed by atoms with Crippen molar-refractivity contribution >= 4 is 17.4 Å². The van der Waals surface area contributed by atoms with Gasteiger partial charge < -0.3 is 10.3 Å². The van der Waals surface area contributed by atoms with E-state index >= 15 is 0 Å². The van der Waals surface area contributed by atoms with E-state index in [0.29, 0.717) is 17.9 Å². The van der Waals surface area contributed by atoms with Gasteiger partial charge in [-0.2, -0.15) is 0 Å². The van der Waals surface area contributed by atoms with Gasteiger partial charge in [-0.1, -0.05) is 12.1 Å². The summed E-state index contributed by atoms with van der Waals surface area (Å²) in [5, 5.41) is 0. The highest BCUT2D eigenvalue weighted by molar-refractivity contribution is 6.06. The molecule has 0 aliphatic rings. The molecule has 0 bridgehead atoms. The van der Waals surface area contributed by atoms with Gasteiger partial charge in [0.25, 0.3) is 5.91 Å². The number of benzene rings is 1. The highest BCUT2D eigenvalue weighted by Crippen LogP contribution is 2.19. The average molecular weight is 270 g/mol. The first-order valence-corrected chi connectivity index (χ1v) is 6.47. The molecule has 1 aromatic carbocycles. The van der Waals surface area contributed by atoms with Gasteiger partial charge in [0.15, 0.2) is 0 Å². The number of carbonyl (C=O) groups is 1. The Morgan fingerprint density at radius 2 is 2.15 bits per heavy atom. The van der Waals surface area contributed by atoms with Gasteiger partial charge in [-0.25, -0.2) is 10.8 Å². The van der Waals surface area contributed by atoms with Crippen LogP contribution in [-0.2, 0) is 0 Å². The SMILES string of the molecule is CCN(C(=O)c1ccnc(NN)c1)c1cccc(C)c1. The highest BCUT2D eigenvalue weighted by atomic mass is 16.2. The number of nitrogens with zero attached hydrogens (tertiary/aromatic N) is 2. The molecule has 5 heteroatoms. The Morgan fingerprint density at radius 3 is 2.80 bits per heavy atom. The molecule has 0 fully saturated rings. The molecule has 0 spiro atoms. The number of aryl methyl sites for hydroxylation is 1. The van der Waals surface area contributed by atoms with Crippen LogP contribution < -0.4 is 16.2 Å². The lowest BCUT2D eigenvalue weighted by Crippen LogP contribution is -2.30. The highest BCUT2D eigenvalue weighted by Gasteiger charge is 2.16. The van der Waals surface area contributed by atoms with Gasteiger partial charge in [-0.3, -0.25) is 4.79 Å². The first-order chi connectivity index (χ1) is 9.65. The normalized spacial score (nSPS) is 10.2. The topological polar surface area (TPSA) is 71.2 Å². The number of nitrogen functional groups attached to an aromatic ring is 1. The largest absolute Gasteiger partial charge is 0.309 e. The summed E-state index contributed by atoms with van der Waals surface area (Å²) in [4.78, 5) is 18.3. The van der Waals surface area contributed by atoms with Crippen LogP contribution >= 0.6 is 0 Å². The minimum absolute atomic E-state index is 0.0722. The van der Waals surface area contributed by atoms with Crippen LogP contribution in [-0.4, -0.2) is 17.4 Å².